The molecule has 28 heavy (non-hydrogen) atoms. The van der Waals surface area contributed by atoms with Crippen molar-refractivity contribution in [2.75, 3.05) is 5.32 Å². The van der Waals surface area contributed by atoms with Crippen LogP contribution in [0.25, 0.3) is 0 Å². The number of nitro benzene ring substituents is 1. The molecule has 2 aromatic carbocycles. The van der Waals surface area contributed by atoms with Crippen molar-refractivity contribution in [3.8, 4) is 5.75 Å². The zero-order valence-electron chi connectivity index (χ0n) is 14.6. The number of non-ortho nitro benzene ring substituents is 1. The van der Waals surface area contributed by atoms with E-state index in [0.717, 1.165) is 5.56 Å². The Kier molecular flexibility index (Phi) is 5.87. The largest absolute Gasteiger partial charge is 0.485 e. The fourth-order valence-corrected chi connectivity index (χ4v) is 2.80. The van der Waals surface area contributed by atoms with Crippen molar-refractivity contribution >= 4 is 40.5 Å². The first kappa shape index (κ1) is 19.7. The molecule has 0 aliphatic heterocycles. The highest BCUT2D eigenvalue weighted by Gasteiger charge is 2.16. The Morgan fingerprint density at radius 2 is 1.96 bits per heavy atom. The first-order valence-corrected chi connectivity index (χ1v) is 8.82. The summed E-state index contributed by atoms with van der Waals surface area (Å²) >= 11 is 11.9. The number of ether oxygens (including phenoxy) is 1. The predicted octanol–water partition coefficient (Wildman–Crippen LogP) is 5.63. The maximum absolute atomic E-state index is 12.3. The van der Waals surface area contributed by atoms with Crippen LogP contribution in [0.15, 0.2) is 52.9 Å². The van der Waals surface area contributed by atoms with Crippen LogP contribution in [0, 0.1) is 17.0 Å². The van der Waals surface area contributed by atoms with Crippen LogP contribution in [0.5, 0.6) is 5.75 Å². The average Bonchev–Trinajstić information content (AvgIpc) is 3.12. The Morgan fingerprint density at radius 3 is 2.68 bits per heavy atom. The molecule has 0 saturated heterocycles. The molecule has 0 fully saturated rings. The summed E-state index contributed by atoms with van der Waals surface area (Å²) in [5, 5.41) is 14.2. The van der Waals surface area contributed by atoms with E-state index in [4.69, 9.17) is 32.4 Å². The van der Waals surface area contributed by atoms with E-state index in [1.807, 2.05) is 6.92 Å². The van der Waals surface area contributed by atoms with Crippen molar-refractivity contribution < 1.29 is 18.9 Å². The Morgan fingerprint density at radius 1 is 1.18 bits per heavy atom. The minimum atomic E-state index is -0.587. The number of carbonyl (C=O) groups excluding carboxylic acids is 1. The first-order valence-electron chi connectivity index (χ1n) is 8.06. The van der Waals surface area contributed by atoms with Crippen molar-refractivity contribution in [3.05, 3.63) is 85.8 Å². The van der Waals surface area contributed by atoms with Gasteiger partial charge in [-0.2, -0.15) is 0 Å². The summed E-state index contributed by atoms with van der Waals surface area (Å²) in [6, 6.07) is 12.1. The summed E-state index contributed by atoms with van der Waals surface area (Å²) in [5.74, 6) is 0.519. The Balaban J connectivity index is 1.67. The summed E-state index contributed by atoms with van der Waals surface area (Å²) in [5.41, 5.74) is 0.802. The molecule has 0 radical (unpaired) electrons. The van der Waals surface area contributed by atoms with Gasteiger partial charge >= 0.3 is 0 Å². The molecular formula is C19H14Cl2N2O5. The number of hydrogen-bond acceptors (Lipinski definition) is 5. The number of carbonyl (C=O) groups is 1. The summed E-state index contributed by atoms with van der Waals surface area (Å²) in [6.07, 6.45) is 0. The van der Waals surface area contributed by atoms with Gasteiger partial charge in [0.15, 0.2) is 5.76 Å². The molecule has 0 spiro atoms. The molecule has 1 aromatic heterocycles. The second kappa shape index (κ2) is 8.33. The number of furan rings is 1. The standard InChI is InChI=1S/C19H14Cl2N2O5/c1-11-8-12(20)2-6-17(11)27-10-14-4-7-18(28-14)19(24)22-16-9-13(23(25)26)3-5-15(16)21/h2-9H,10H2,1H3,(H,22,24). The Bertz CT molecular complexity index is 1050. The van der Waals surface area contributed by atoms with Crippen molar-refractivity contribution in [3.63, 3.8) is 0 Å². The molecule has 9 heteroatoms. The summed E-state index contributed by atoms with van der Waals surface area (Å²) in [7, 11) is 0. The third-order valence-electron chi connectivity index (χ3n) is 3.80. The lowest BCUT2D eigenvalue weighted by molar-refractivity contribution is -0.384. The number of nitro groups is 1. The third kappa shape index (κ3) is 4.62. The molecule has 0 atom stereocenters. The van der Waals surface area contributed by atoms with Gasteiger partial charge in [-0.15, -0.1) is 0 Å². The molecule has 7 nitrogen and oxygen atoms in total. The van der Waals surface area contributed by atoms with Gasteiger partial charge in [0.05, 0.1) is 15.6 Å². The van der Waals surface area contributed by atoms with Gasteiger partial charge in [0, 0.05) is 17.2 Å². The molecule has 1 N–H and O–H groups in total. The van der Waals surface area contributed by atoms with E-state index in [0.29, 0.717) is 16.5 Å². The Labute approximate surface area is 170 Å². The lowest BCUT2D eigenvalue weighted by Crippen LogP contribution is -2.11. The molecule has 0 bridgehead atoms. The lowest BCUT2D eigenvalue weighted by Gasteiger charge is -2.08. The van der Waals surface area contributed by atoms with Gasteiger partial charge in [-0.1, -0.05) is 23.2 Å². The van der Waals surface area contributed by atoms with Crippen LogP contribution < -0.4 is 10.1 Å². The van der Waals surface area contributed by atoms with E-state index in [-0.39, 0.29) is 28.8 Å². The number of nitrogens with zero attached hydrogens (tertiary/aromatic N) is 1. The highest BCUT2D eigenvalue weighted by Crippen LogP contribution is 2.27. The zero-order valence-corrected chi connectivity index (χ0v) is 16.1. The molecule has 0 unspecified atom stereocenters. The maximum Gasteiger partial charge on any atom is 0.291 e. The van der Waals surface area contributed by atoms with Crippen molar-refractivity contribution in [2.45, 2.75) is 13.5 Å². The minimum absolute atomic E-state index is 0.0222. The normalized spacial score (nSPS) is 10.5. The topological polar surface area (TPSA) is 94.6 Å². The van der Waals surface area contributed by atoms with Crippen LogP contribution in [-0.4, -0.2) is 10.8 Å². The quantitative estimate of drug-likeness (QED) is 0.411. The third-order valence-corrected chi connectivity index (χ3v) is 4.37. The van der Waals surface area contributed by atoms with Crippen molar-refractivity contribution in [2.24, 2.45) is 0 Å². The number of nitrogens with one attached hydrogen (secondary N) is 1. The molecule has 3 aromatic rings. The maximum atomic E-state index is 12.3. The van der Waals surface area contributed by atoms with E-state index >= 15 is 0 Å². The number of hydrogen-bond donors (Lipinski definition) is 1. The van der Waals surface area contributed by atoms with Gasteiger partial charge in [0.1, 0.15) is 18.1 Å². The fraction of sp³-hybridized carbons (Fsp3) is 0.105. The highest BCUT2D eigenvalue weighted by atomic mass is 35.5. The van der Waals surface area contributed by atoms with Gasteiger partial charge in [-0.3, -0.25) is 14.9 Å². The van der Waals surface area contributed by atoms with Crippen LogP contribution in [0.3, 0.4) is 0 Å². The van der Waals surface area contributed by atoms with Gasteiger partial charge in [-0.25, -0.2) is 0 Å². The predicted molar refractivity (Wildman–Crippen MR) is 105 cm³/mol. The molecule has 144 valence electrons. The first-order chi connectivity index (χ1) is 13.3. The van der Waals surface area contributed by atoms with E-state index in [9.17, 15) is 14.9 Å². The molecule has 1 amide bonds. The van der Waals surface area contributed by atoms with Crippen LogP contribution in [0.4, 0.5) is 11.4 Å². The summed E-state index contributed by atoms with van der Waals surface area (Å²) in [6.45, 7) is 1.98. The number of benzene rings is 2. The SMILES string of the molecule is Cc1cc(Cl)ccc1OCc1ccc(C(=O)Nc2cc([N+](=O)[O-])ccc2Cl)o1. The number of halogens is 2. The minimum Gasteiger partial charge on any atom is -0.485 e. The molecular weight excluding hydrogens is 407 g/mol. The van der Waals surface area contributed by atoms with E-state index in [1.165, 1.54) is 24.3 Å². The van der Waals surface area contributed by atoms with Crippen molar-refractivity contribution in [1.29, 1.82) is 0 Å². The van der Waals surface area contributed by atoms with Gasteiger partial charge < -0.3 is 14.5 Å². The monoisotopic (exact) mass is 420 g/mol. The number of amides is 1. The van der Waals surface area contributed by atoms with E-state index in [1.54, 1.807) is 24.3 Å². The van der Waals surface area contributed by atoms with Crippen LogP contribution in [-0.2, 0) is 6.61 Å². The summed E-state index contributed by atoms with van der Waals surface area (Å²) < 4.78 is 11.2. The zero-order chi connectivity index (χ0) is 20.3. The fourth-order valence-electron chi connectivity index (χ4n) is 2.41. The van der Waals surface area contributed by atoms with E-state index in [2.05, 4.69) is 5.32 Å². The second-order valence-electron chi connectivity index (χ2n) is 5.84. The van der Waals surface area contributed by atoms with Crippen LogP contribution in [0.2, 0.25) is 10.0 Å². The number of anilines is 1. The molecule has 3 rings (SSSR count). The van der Waals surface area contributed by atoms with Crippen molar-refractivity contribution in [1.82, 2.24) is 0 Å². The number of aryl methyl sites for hydroxylation is 1. The molecule has 1 heterocycles. The smallest absolute Gasteiger partial charge is 0.291 e. The number of rotatable bonds is 6. The Hall–Kier alpha value is -3.03. The van der Waals surface area contributed by atoms with Gasteiger partial charge in [0.2, 0.25) is 0 Å². The summed E-state index contributed by atoms with van der Waals surface area (Å²) in [4.78, 5) is 22.6. The average molecular weight is 421 g/mol. The van der Waals surface area contributed by atoms with Gasteiger partial charge in [0.25, 0.3) is 11.6 Å². The molecule has 0 aliphatic rings. The van der Waals surface area contributed by atoms with Crippen LogP contribution >= 0.6 is 23.2 Å². The second-order valence-corrected chi connectivity index (χ2v) is 6.68. The van der Waals surface area contributed by atoms with Gasteiger partial charge in [-0.05, 0) is 48.9 Å². The van der Waals surface area contributed by atoms with Crippen LogP contribution in [0.1, 0.15) is 21.9 Å². The highest BCUT2D eigenvalue weighted by molar-refractivity contribution is 6.34. The molecule has 0 saturated carbocycles. The van der Waals surface area contributed by atoms with E-state index < -0.39 is 10.8 Å². The molecule has 0 aliphatic carbocycles. The lowest BCUT2D eigenvalue weighted by atomic mass is 10.2.